The molecular weight excluding hydrogens is 157 g/mol. The zero-order valence-corrected chi connectivity index (χ0v) is 7.04. The molecule has 12 heavy (non-hydrogen) atoms. The van der Waals surface area contributed by atoms with Crippen molar-refractivity contribution in [2.24, 2.45) is 0 Å². The Hall–Kier alpha value is -1.38. The minimum Gasteiger partial charge on any atom is -0.318 e. The van der Waals surface area contributed by atoms with Crippen LogP contribution in [0.2, 0.25) is 0 Å². The smallest absolute Gasteiger partial charge is 0.213 e. The van der Waals surface area contributed by atoms with Crippen LogP contribution in [-0.2, 0) is 4.79 Å². The molecule has 64 valence electrons. The molecule has 0 aromatic heterocycles. The van der Waals surface area contributed by atoms with Crippen molar-refractivity contribution in [3.8, 4) is 0 Å². The molecule has 0 heterocycles. The van der Waals surface area contributed by atoms with E-state index in [1.807, 2.05) is 0 Å². The Kier molecular flexibility index (Phi) is 2.43. The molecule has 0 aliphatic rings. The third-order valence-corrected chi connectivity index (χ3v) is 1.72. The standard InChI is InChI=1S/C9H10FNO/c1-7-3-4-8(5-9(7)10)11(2)6-12/h3-6H,1-2H3. The number of anilines is 1. The molecule has 0 atom stereocenters. The Morgan fingerprint density at radius 1 is 1.50 bits per heavy atom. The van der Waals surface area contributed by atoms with Crippen molar-refractivity contribution in [1.29, 1.82) is 0 Å². The average molecular weight is 167 g/mol. The van der Waals surface area contributed by atoms with Crippen molar-refractivity contribution < 1.29 is 9.18 Å². The summed E-state index contributed by atoms with van der Waals surface area (Å²) >= 11 is 0. The van der Waals surface area contributed by atoms with Crippen molar-refractivity contribution in [2.75, 3.05) is 11.9 Å². The largest absolute Gasteiger partial charge is 0.318 e. The van der Waals surface area contributed by atoms with E-state index in [-0.39, 0.29) is 5.82 Å². The van der Waals surface area contributed by atoms with Gasteiger partial charge >= 0.3 is 0 Å². The number of halogens is 1. The summed E-state index contributed by atoms with van der Waals surface area (Å²) in [5.41, 5.74) is 1.14. The van der Waals surface area contributed by atoms with E-state index < -0.39 is 0 Å². The summed E-state index contributed by atoms with van der Waals surface area (Å²) < 4.78 is 12.9. The van der Waals surface area contributed by atoms with Gasteiger partial charge in [-0.25, -0.2) is 4.39 Å². The van der Waals surface area contributed by atoms with Crippen LogP contribution in [-0.4, -0.2) is 13.5 Å². The zero-order chi connectivity index (χ0) is 9.14. The summed E-state index contributed by atoms with van der Waals surface area (Å²) in [6, 6.07) is 4.68. The monoisotopic (exact) mass is 167 g/mol. The number of hydrogen-bond acceptors (Lipinski definition) is 1. The van der Waals surface area contributed by atoms with Gasteiger partial charge in [-0.15, -0.1) is 0 Å². The predicted octanol–water partition coefficient (Wildman–Crippen LogP) is 1.73. The molecule has 1 aromatic carbocycles. The number of nitrogens with zero attached hydrogens (tertiary/aromatic N) is 1. The Morgan fingerprint density at radius 3 is 2.67 bits per heavy atom. The van der Waals surface area contributed by atoms with Gasteiger partial charge in [-0.2, -0.15) is 0 Å². The lowest BCUT2D eigenvalue weighted by atomic mass is 10.2. The molecule has 2 nitrogen and oxygen atoms in total. The van der Waals surface area contributed by atoms with Crippen LogP contribution in [0.25, 0.3) is 0 Å². The van der Waals surface area contributed by atoms with E-state index in [0.29, 0.717) is 17.7 Å². The first-order chi connectivity index (χ1) is 5.65. The first-order valence-electron chi connectivity index (χ1n) is 3.59. The van der Waals surface area contributed by atoms with Gasteiger partial charge in [-0.3, -0.25) is 4.79 Å². The van der Waals surface area contributed by atoms with E-state index in [1.165, 1.54) is 11.0 Å². The van der Waals surface area contributed by atoms with Crippen LogP contribution in [0, 0.1) is 12.7 Å². The molecule has 0 fully saturated rings. The summed E-state index contributed by atoms with van der Waals surface area (Å²) in [6.07, 6.45) is 0.643. The number of amides is 1. The number of rotatable bonds is 2. The van der Waals surface area contributed by atoms with Gasteiger partial charge in [0.05, 0.1) is 0 Å². The van der Waals surface area contributed by atoms with Gasteiger partial charge in [0.25, 0.3) is 0 Å². The van der Waals surface area contributed by atoms with Gasteiger partial charge in [0.15, 0.2) is 0 Å². The normalized spacial score (nSPS) is 9.58. The molecule has 0 saturated carbocycles. The molecule has 1 aromatic rings. The Morgan fingerprint density at radius 2 is 2.17 bits per heavy atom. The minimum atomic E-state index is -0.291. The minimum absolute atomic E-state index is 0.291. The van der Waals surface area contributed by atoms with Crippen LogP contribution in [0.4, 0.5) is 10.1 Å². The van der Waals surface area contributed by atoms with Gasteiger partial charge < -0.3 is 4.90 Å². The Balaban J connectivity index is 3.04. The highest BCUT2D eigenvalue weighted by Gasteiger charge is 2.01. The highest BCUT2D eigenvalue weighted by atomic mass is 19.1. The lowest BCUT2D eigenvalue weighted by Crippen LogP contribution is -2.13. The molecule has 1 amide bonds. The summed E-state index contributed by atoms with van der Waals surface area (Å²) in [6.45, 7) is 1.68. The molecule has 0 spiro atoms. The summed E-state index contributed by atoms with van der Waals surface area (Å²) in [7, 11) is 1.58. The van der Waals surface area contributed by atoms with E-state index in [1.54, 1.807) is 26.1 Å². The number of benzene rings is 1. The lowest BCUT2D eigenvalue weighted by Gasteiger charge is -2.10. The second-order valence-electron chi connectivity index (χ2n) is 2.65. The first-order valence-corrected chi connectivity index (χ1v) is 3.59. The number of carbonyl (C=O) groups is 1. The third-order valence-electron chi connectivity index (χ3n) is 1.72. The van der Waals surface area contributed by atoms with Gasteiger partial charge in [0.2, 0.25) is 6.41 Å². The lowest BCUT2D eigenvalue weighted by molar-refractivity contribution is -0.107. The maximum absolute atomic E-state index is 12.9. The molecule has 0 N–H and O–H groups in total. The molecule has 0 bridgehead atoms. The van der Waals surface area contributed by atoms with Gasteiger partial charge in [0, 0.05) is 12.7 Å². The van der Waals surface area contributed by atoms with Crippen LogP contribution in [0.15, 0.2) is 18.2 Å². The topological polar surface area (TPSA) is 20.3 Å². The second-order valence-corrected chi connectivity index (χ2v) is 2.65. The number of hydrogen-bond donors (Lipinski definition) is 0. The fraction of sp³-hybridized carbons (Fsp3) is 0.222. The maximum Gasteiger partial charge on any atom is 0.213 e. The molecule has 0 aliphatic carbocycles. The van der Waals surface area contributed by atoms with Gasteiger partial charge in [-0.1, -0.05) is 6.07 Å². The van der Waals surface area contributed by atoms with E-state index in [2.05, 4.69) is 0 Å². The number of carbonyl (C=O) groups excluding carboxylic acids is 1. The molecule has 0 unspecified atom stereocenters. The molecular formula is C9H10FNO. The van der Waals surface area contributed by atoms with Crippen LogP contribution >= 0.6 is 0 Å². The average Bonchev–Trinajstić information content (AvgIpc) is 2.08. The van der Waals surface area contributed by atoms with Crippen LogP contribution in [0.1, 0.15) is 5.56 Å². The molecule has 0 saturated heterocycles. The highest BCUT2D eigenvalue weighted by Crippen LogP contribution is 2.15. The summed E-state index contributed by atoms with van der Waals surface area (Å²) in [5, 5.41) is 0. The summed E-state index contributed by atoms with van der Waals surface area (Å²) in [4.78, 5) is 11.6. The van der Waals surface area contributed by atoms with E-state index in [9.17, 15) is 9.18 Å². The predicted molar refractivity (Wildman–Crippen MR) is 45.6 cm³/mol. The summed E-state index contributed by atoms with van der Waals surface area (Å²) in [5.74, 6) is -0.291. The molecule has 0 aliphatic heterocycles. The Bertz CT molecular complexity index is 299. The SMILES string of the molecule is Cc1ccc(N(C)C=O)cc1F. The highest BCUT2D eigenvalue weighted by molar-refractivity contribution is 5.74. The van der Waals surface area contributed by atoms with Crippen LogP contribution in [0.3, 0.4) is 0 Å². The fourth-order valence-corrected chi connectivity index (χ4v) is 0.862. The molecule has 1 rings (SSSR count). The van der Waals surface area contributed by atoms with Crippen molar-refractivity contribution in [1.82, 2.24) is 0 Å². The first kappa shape index (κ1) is 8.71. The van der Waals surface area contributed by atoms with Crippen molar-refractivity contribution in [3.63, 3.8) is 0 Å². The van der Waals surface area contributed by atoms with Crippen molar-refractivity contribution in [3.05, 3.63) is 29.6 Å². The fourth-order valence-electron chi connectivity index (χ4n) is 0.862. The van der Waals surface area contributed by atoms with Crippen molar-refractivity contribution >= 4 is 12.1 Å². The molecule has 0 radical (unpaired) electrons. The van der Waals surface area contributed by atoms with E-state index in [4.69, 9.17) is 0 Å². The van der Waals surface area contributed by atoms with Crippen molar-refractivity contribution in [2.45, 2.75) is 6.92 Å². The van der Waals surface area contributed by atoms with Gasteiger partial charge in [-0.05, 0) is 24.6 Å². The second kappa shape index (κ2) is 3.34. The Labute approximate surface area is 70.6 Å². The quantitative estimate of drug-likeness (QED) is 0.614. The number of aryl methyl sites for hydroxylation is 1. The maximum atomic E-state index is 12.9. The third kappa shape index (κ3) is 1.61. The van der Waals surface area contributed by atoms with Crippen LogP contribution in [0.5, 0.6) is 0 Å². The van der Waals surface area contributed by atoms with Gasteiger partial charge in [0.1, 0.15) is 5.82 Å². The van der Waals surface area contributed by atoms with E-state index in [0.717, 1.165) is 0 Å². The van der Waals surface area contributed by atoms with Crippen LogP contribution < -0.4 is 4.90 Å². The van der Waals surface area contributed by atoms with E-state index >= 15 is 0 Å². The molecule has 3 heteroatoms. The zero-order valence-electron chi connectivity index (χ0n) is 7.04.